The average molecular weight is 729 g/mol. The number of ether oxygens (including phenoxy) is 2. The van der Waals surface area contributed by atoms with Gasteiger partial charge >= 0.3 is 11.9 Å². The van der Waals surface area contributed by atoms with Crippen LogP contribution in [0.5, 0.6) is 0 Å². The number of aliphatic hydroxyl groups is 3. The van der Waals surface area contributed by atoms with Gasteiger partial charge in [0.2, 0.25) is 0 Å². The highest BCUT2D eigenvalue weighted by Gasteiger charge is 2.16. The summed E-state index contributed by atoms with van der Waals surface area (Å²) in [5.41, 5.74) is 0. The molecule has 0 fully saturated rings. The van der Waals surface area contributed by atoms with Crippen molar-refractivity contribution in [3.63, 3.8) is 0 Å². The van der Waals surface area contributed by atoms with Gasteiger partial charge in [-0.15, -0.1) is 0 Å². The number of rotatable bonds is 35. The van der Waals surface area contributed by atoms with Crippen molar-refractivity contribution in [3.05, 3.63) is 72.9 Å². The number of allylic oxidation sites excluding steroid dienone is 8. The molecule has 0 rings (SSSR count). The van der Waals surface area contributed by atoms with Gasteiger partial charge in [-0.05, 0) is 44.4 Å². The molecule has 298 valence electrons. The molecule has 0 aliphatic rings. The first-order chi connectivity index (χ1) is 25.3. The van der Waals surface area contributed by atoms with Crippen molar-refractivity contribution < 1.29 is 34.4 Å². The maximum absolute atomic E-state index is 12.2. The monoisotopic (exact) mass is 729 g/mol. The van der Waals surface area contributed by atoms with E-state index in [1.807, 2.05) is 48.6 Å². The van der Waals surface area contributed by atoms with Crippen molar-refractivity contribution >= 4 is 11.9 Å². The fourth-order valence-corrected chi connectivity index (χ4v) is 5.48. The Hall–Kier alpha value is -2.74. The molecule has 7 nitrogen and oxygen atoms in total. The van der Waals surface area contributed by atoms with Crippen LogP contribution >= 0.6 is 0 Å². The van der Waals surface area contributed by atoms with E-state index < -0.39 is 30.9 Å². The van der Waals surface area contributed by atoms with Crippen LogP contribution in [0.4, 0.5) is 0 Å². The van der Waals surface area contributed by atoms with Crippen LogP contribution < -0.4 is 0 Å². The van der Waals surface area contributed by atoms with E-state index in [0.29, 0.717) is 25.7 Å². The average Bonchev–Trinajstić information content (AvgIpc) is 3.12. The van der Waals surface area contributed by atoms with Crippen LogP contribution in [0.25, 0.3) is 0 Å². The normalized spacial score (nSPS) is 14.3. The Morgan fingerprint density at radius 3 is 1.75 bits per heavy atom. The zero-order valence-corrected chi connectivity index (χ0v) is 33.2. The van der Waals surface area contributed by atoms with E-state index in [-0.39, 0.29) is 19.0 Å². The minimum absolute atomic E-state index is 0.138. The Kier molecular flexibility index (Phi) is 36.0. The Bertz CT molecular complexity index is 1010. The van der Waals surface area contributed by atoms with Gasteiger partial charge in [0, 0.05) is 12.8 Å². The molecule has 0 aromatic carbocycles. The minimum Gasteiger partial charge on any atom is -0.462 e. The standard InChI is InChI=1S/C45H76O7/c1-4-5-24-32-41(47)33-26-20-16-14-17-21-27-34-42(48)35-28-23-30-37-45(50)52-43(38-46)39-51-44(49)36-29-22-18-13-11-9-7-6-8-10-12-15-19-25-31-40(2)3/h5,16-17,20-21,24,26-28,33-35,40-43,46-48H,4,6-15,18-19,22-23,25,29-32,36-39H2,1-3H3/b20-16-,21-17-,24-5-,33-26+,34-27+,35-28-/t41-,42-,43-/m0/s1. The van der Waals surface area contributed by atoms with Gasteiger partial charge in [0.05, 0.1) is 18.8 Å². The topological polar surface area (TPSA) is 113 Å². The zero-order chi connectivity index (χ0) is 38.3. The first-order valence-corrected chi connectivity index (χ1v) is 20.6. The number of aliphatic hydroxyl groups excluding tert-OH is 3. The summed E-state index contributed by atoms with van der Waals surface area (Å²) in [6, 6.07) is 0. The van der Waals surface area contributed by atoms with Crippen molar-refractivity contribution in [1.29, 1.82) is 0 Å². The van der Waals surface area contributed by atoms with Gasteiger partial charge in [-0.1, -0.05) is 184 Å². The number of unbranched alkanes of at least 4 members (excludes halogenated alkanes) is 14. The van der Waals surface area contributed by atoms with E-state index in [2.05, 4.69) is 20.8 Å². The van der Waals surface area contributed by atoms with Crippen molar-refractivity contribution in [2.75, 3.05) is 13.2 Å². The van der Waals surface area contributed by atoms with Crippen LogP contribution in [-0.2, 0) is 19.1 Å². The van der Waals surface area contributed by atoms with Gasteiger partial charge in [0.1, 0.15) is 6.61 Å². The summed E-state index contributed by atoms with van der Waals surface area (Å²) in [4.78, 5) is 24.3. The molecular formula is C45H76O7. The molecule has 0 radical (unpaired) electrons. The molecular weight excluding hydrogens is 652 g/mol. The van der Waals surface area contributed by atoms with Crippen LogP contribution in [0.3, 0.4) is 0 Å². The highest BCUT2D eigenvalue weighted by molar-refractivity contribution is 5.70. The summed E-state index contributed by atoms with van der Waals surface area (Å²) in [6.45, 7) is 6.13. The zero-order valence-electron chi connectivity index (χ0n) is 33.2. The maximum Gasteiger partial charge on any atom is 0.306 e. The molecule has 3 N–H and O–H groups in total. The molecule has 0 aromatic rings. The molecule has 0 saturated carbocycles. The van der Waals surface area contributed by atoms with E-state index in [1.54, 1.807) is 24.3 Å². The molecule has 0 bridgehead atoms. The van der Waals surface area contributed by atoms with Crippen LogP contribution in [0.1, 0.15) is 162 Å². The fraction of sp³-hybridized carbons (Fsp3) is 0.689. The lowest BCUT2D eigenvalue weighted by Gasteiger charge is -2.15. The van der Waals surface area contributed by atoms with Crippen LogP contribution in [0, 0.1) is 5.92 Å². The van der Waals surface area contributed by atoms with Gasteiger partial charge in [0.15, 0.2) is 6.10 Å². The first kappa shape index (κ1) is 49.3. The predicted octanol–water partition coefficient (Wildman–Crippen LogP) is 10.8. The summed E-state index contributed by atoms with van der Waals surface area (Å²) >= 11 is 0. The molecule has 0 unspecified atom stereocenters. The Morgan fingerprint density at radius 1 is 0.615 bits per heavy atom. The summed E-state index contributed by atoms with van der Waals surface area (Å²) in [6.07, 6.45) is 43.2. The third-order valence-corrected chi connectivity index (χ3v) is 8.62. The smallest absolute Gasteiger partial charge is 0.306 e. The van der Waals surface area contributed by atoms with E-state index in [4.69, 9.17) is 9.47 Å². The molecule has 0 aliphatic carbocycles. The molecule has 0 aromatic heterocycles. The second kappa shape index (κ2) is 38.0. The van der Waals surface area contributed by atoms with Crippen molar-refractivity contribution in [3.8, 4) is 0 Å². The third kappa shape index (κ3) is 37.0. The van der Waals surface area contributed by atoms with Crippen molar-refractivity contribution in [1.82, 2.24) is 0 Å². The number of esters is 2. The molecule has 0 aliphatic heterocycles. The maximum atomic E-state index is 12.2. The van der Waals surface area contributed by atoms with Gasteiger partial charge in [-0.25, -0.2) is 0 Å². The van der Waals surface area contributed by atoms with Gasteiger partial charge in [-0.2, -0.15) is 0 Å². The highest BCUT2D eigenvalue weighted by atomic mass is 16.6. The number of carbonyl (C=O) groups is 2. The molecule has 3 atom stereocenters. The predicted molar refractivity (Wildman–Crippen MR) is 217 cm³/mol. The minimum atomic E-state index is -0.862. The van der Waals surface area contributed by atoms with Crippen molar-refractivity contribution in [2.24, 2.45) is 5.92 Å². The Labute approximate surface area is 318 Å². The van der Waals surface area contributed by atoms with E-state index in [1.165, 1.54) is 77.0 Å². The molecule has 52 heavy (non-hydrogen) atoms. The van der Waals surface area contributed by atoms with Crippen LogP contribution in [0.15, 0.2) is 72.9 Å². The summed E-state index contributed by atoms with van der Waals surface area (Å²) in [5, 5.41) is 29.4. The van der Waals surface area contributed by atoms with Gasteiger partial charge in [0.25, 0.3) is 0 Å². The summed E-state index contributed by atoms with van der Waals surface area (Å²) in [7, 11) is 0. The number of hydrogen-bond acceptors (Lipinski definition) is 7. The second-order valence-corrected chi connectivity index (χ2v) is 14.2. The van der Waals surface area contributed by atoms with E-state index in [9.17, 15) is 24.9 Å². The van der Waals surface area contributed by atoms with E-state index in [0.717, 1.165) is 38.0 Å². The second-order valence-electron chi connectivity index (χ2n) is 14.2. The Morgan fingerprint density at radius 2 is 1.17 bits per heavy atom. The Balaban J connectivity index is 3.82. The highest BCUT2D eigenvalue weighted by Crippen LogP contribution is 2.15. The third-order valence-electron chi connectivity index (χ3n) is 8.62. The lowest BCUT2D eigenvalue weighted by Crippen LogP contribution is -2.28. The number of hydrogen-bond donors (Lipinski definition) is 3. The molecule has 0 saturated heterocycles. The van der Waals surface area contributed by atoms with Gasteiger partial charge < -0.3 is 24.8 Å². The lowest BCUT2D eigenvalue weighted by atomic mass is 10.0. The first-order valence-electron chi connectivity index (χ1n) is 20.6. The molecule has 7 heteroatoms. The molecule has 0 heterocycles. The molecule has 0 amide bonds. The van der Waals surface area contributed by atoms with Gasteiger partial charge in [-0.3, -0.25) is 9.59 Å². The fourth-order valence-electron chi connectivity index (χ4n) is 5.48. The SMILES string of the molecule is CC/C=C\C[C@H](O)/C=C/C=C\C/C=C\C=C\[C@H](O)/C=C\CCCC(=O)O[C@@H](CO)COC(=O)CCCCCCCCCCCCCCCCC(C)C. The van der Waals surface area contributed by atoms with E-state index >= 15 is 0 Å². The summed E-state index contributed by atoms with van der Waals surface area (Å²) in [5.74, 6) is 0.0619. The van der Waals surface area contributed by atoms with Crippen LogP contribution in [0.2, 0.25) is 0 Å². The van der Waals surface area contributed by atoms with Crippen molar-refractivity contribution in [2.45, 2.75) is 180 Å². The van der Waals surface area contributed by atoms with Crippen LogP contribution in [-0.4, -0.2) is 58.8 Å². The number of carbonyl (C=O) groups excluding carboxylic acids is 2. The largest absolute Gasteiger partial charge is 0.462 e. The summed E-state index contributed by atoms with van der Waals surface area (Å²) < 4.78 is 10.5. The lowest BCUT2D eigenvalue weighted by molar-refractivity contribution is -0.161. The molecule has 0 spiro atoms. The quantitative estimate of drug-likeness (QED) is 0.0258.